The van der Waals surface area contributed by atoms with Crippen molar-refractivity contribution in [2.24, 2.45) is 0 Å². The smallest absolute Gasteiger partial charge is 0.410 e. The third-order valence-electron chi connectivity index (χ3n) is 3.70. The Hall–Kier alpha value is -0.890. The van der Waals surface area contributed by atoms with Gasteiger partial charge in [-0.3, -0.25) is 0 Å². The molecule has 3 fully saturated rings. The second-order valence-electron chi connectivity index (χ2n) is 5.38. The van der Waals surface area contributed by atoms with E-state index in [2.05, 4.69) is 0 Å². The van der Waals surface area contributed by atoms with Gasteiger partial charge in [0.15, 0.2) is 11.9 Å². The van der Waals surface area contributed by atoms with Crippen molar-refractivity contribution >= 4 is 6.09 Å². The lowest BCUT2D eigenvalue weighted by atomic mass is 9.95. The van der Waals surface area contributed by atoms with E-state index in [9.17, 15) is 9.90 Å². The van der Waals surface area contributed by atoms with E-state index in [1.807, 2.05) is 0 Å². The summed E-state index contributed by atoms with van der Waals surface area (Å²) in [6.07, 6.45) is -2.16. The number of carbonyl (C=O) groups excluding carboxylic acids is 1. The number of hydrogen-bond acceptors (Lipinski definition) is 6. The van der Waals surface area contributed by atoms with Crippen molar-refractivity contribution in [2.75, 3.05) is 20.3 Å². The van der Waals surface area contributed by atoms with E-state index in [1.54, 1.807) is 20.9 Å². The van der Waals surface area contributed by atoms with E-state index in [-0.39, 0.29) is 19.3 Å². The lowest BCUT2D eigenvalue weighted by molar-refractivity contribution is -0.322. The number of rotatable bonds is 0. The van der Waals surface area contributed by atoms with Crippen molar-refractivity contribution in [1.29, 1.82) is 0 Å². The van der Waals surface area contributed by atoms with Crippen molar-refractivity contribution in [3.05, 3.63) is 0 Å². The Morgan fingerprint density at radius 3 is 2.72 bits per heavy atom. The van der Waals surface area contributed by atoms with Gasteiger partial charge in [-0.25, -0.2) is 4.79 Å². The van der Waals surface area contributed by atoms with Gasteiger partial charge < -0.3 is 29.0 Å². The molecule has 1 N–H and O–H groups in total. The Morgan fingerprint density at radius 1 is 1.39 bits per heavy atom. The molecule has 0 saturated carbocycles. The summed E-state index contributed by atoms with van der Waals surface area (Å²) in [5.74, 6) is -2.06. The van der Waals surface area contributed by atoms with Crippen LogP contribution < -0.4 is 0 Å². The van der Waals surface area contributed by atoms with Gasteiger partial charge in [0.2, 0.25) is 5.79 Å². The fourth-order valence-electron chi connectivity index (χ4n) is 2.64. The number of ether oxygens (including phenoxy) is 4. The first kappa shape index (κ1) is 12.2. The number of hydrogen-bond donors (Lipinski definition) is 1. The summed E-state index contributed by atoms with van der Waals surface area (Å²) in [6.45, 7) is 3.86. The summed E-state index contributed by atoms with van der Waals surface area (Å²) in [7, 11) is 1.62. The van der Waals surface area contributed by atoms with E-state index >= 15 is 0 Å². The van der Waals surface area contributed by atoms with E-state index in [4.69, 9.17) is 18.9 Å². The third kappa shape index (κ3) is 1.55. The molecule has 102 valence electrons. The Bertz CT molecular complexity index is 386. The van der Waals surface area contributed by atoms with Crippen LogP contribution in [0.15, 0.2) is 0 Å². The zero-order valence-electron chi connectivity index (χ0n) is 10.6. The van der Waals surface area contributed by atoms with Gasteiger partial charge in [0.05, 0.1) is 12.6 Å². The van der Waals surface area contributed by atoms with Crippen molar-refractivity contribution in [2.45, 2.75) is 43.7 Å². The molecule has 3 heterocycles. The lowest BCUT2D eigenvalue weighted by Crippen LogP contribution is -2.63. The Morgan fingerprint density at radius 2 is 2.11 bits per heavy atom. The Kier molecular flexibility index (Phi) is 2.41. The molecule has 4 atom stereocenters. The lowest BCUT2D eigenvalue weighted by Gasteiger charge is -2.42. The molecule has 7 nitrogen and oxygen atoms in total. The number of nitrogens with zero attached hydrogens (tertiary/aromatic N) is 1. The van der Waals surface area contributed by atoms with Crippen LogP contribution in [0.4, 0.5) is 4.79 Å². The molecule has 1 unspecified atom stereocenters. The van der Waals surface area contributed by atoms with Crippen LogP contribution in [0.25, 0.3) is 0 Å². The van der Waals surface area contributed by atoms with E-state index < -0.39 is 29.9 Å². The van der Waals surface area contributed by atoms with Crippen LogP contribution in [0.5, 0.6) is 0 Å². The minimum Gasteiger partial charge on any atom is -0.441 e. The second-order valence-corrected chi connectivity index (χ2v) is 5.38. The van der Waals surface area contributed by atoms with Gasteiger partial charge in [0.25, 0.3) is 0 Å². The predicted molar refractivity (Wildman–Crippen MR) is 57.6 cm³/mol. The highest BCUT2D eigenvalue weighted by molar-refractivity contribution is 5.70. The molecular weight excluding hydrogens is 242 g/mol. The summed E-state index contributed by atoms with van der Waals surface area (Å²) in [4.78, 5) is 12.9. The molecule has 0 aliphatic carbocycles. The standard InChI is InChI=1S/C11H17NO6/c1-10(2)16-5-11(18-10)8(13)7-6(4-15-11)12(3)9(14)17-7/h6-8,13H,4-5H2,1-3H3/t6-,7?,8+,11+/m1/s1. The molecule has 0 aromatic heterocycles. The van der Waals surface area contributed by atoms with Crippen LogP contribution in [-0.2, 0) is 18.9 Å². The van der Waals surface area contributed by atoms with Crippen LogP contribution in [0, 0.1) is 0 Å². The first-order valence-corrected chi connectivity index (χ1v) is 5.94. The summed E-state index contributed by atoms with van der Waals surface area (Å²) in [5.41, 5.74) is 0. The molecule has 3 aliphatic rings. The normalized spacial score (nSPS) is 46.3. The molecule has 3 aliphatic heterocycles. The zero-order valence-corrected chi connectivity index (χ0v) is 10.6. The molecule has 0 bridgehead atoms. The Balaban J connectivity index is 1.84. The summed E-state index contributed by atoms with van der Waals surface area (Å²) in [5, 5.41) is 10.4. The first-order valence-electron chi connectivity index (χ1n) is 5.94. The van der Waals surface area contributed by atoms with Gasteiger partial charge in [-0.2, -0.15) is 0 Å². The Labute approximate surface area is 105 Å². The van der Waals surface area contributed by atoms with Gasteiger partial charge in [-0.1, -0.05) is 0 Å². The average molecular weight is 259 g/mol. The number of amides is 1. The van der Waals surface area contributed by atoms with Crippen molar-refractivity contribution in [3.8, 4) is 0 Å². The van der Waals surface area contributed by atoms with Crippen LogP contribution in [0.3, 0.4) is 0 Å². The zero-order chi connectivity index (χ0) is 13.1. The van der Waals surface area contributed by atoms with E-state index in [0.29, 0.717) is 0 Å². The molecule has 1 spiro atoms. The quantitative estimate of drug-likeness (QED) is 0.642. The van der Waals surface area contributed by atoms with Crippen LogP contribution in [-0.4, -0.2) is 66.2 Å². The average Bonchev–Trinajstić information content (AvgIpc) is 2.75. The number of aliphatic hydroxyl groups excluding tert-OH is 1. The van der Waals surface area contributed by atoms with Crippen molar-refractivity contribution in [3.63, 3.8) is 0 Å². The summed E-state index contributed by atoms with van der Waals surface area (Å²) in [6, 6.07) is -0.287. The number of likely N-dealkylation sites (N-methyl/N-ethyl adjacent to an activating group) is 1. The minimum absolute atomic E-state index is 0.117. The molecule has 18 heavy (non-hydrogen) atoms. The van der Waals surface area contributed by atoms with Crippen LogP contribution in [0.2, 0.25) is 0 Å². The van der Waals surface area contributed by atoms with Crippen LogP contribution >= 0.6 is 0 Å². The van der Waals surface area contributed by atoms with Crippen molar-refractivity contribution in [1.82, 2.24) is 4.90 Å². The topological polar surface area (TPSA) is 77.5 Å². The van der Waals surface area contributed by atoms with Gasteiger partial charge >= 0.3 is 6.09 Å². The second kappa shape index (κ2) is 3.57. The SMILES string of the molecule is CN1C(=O)OC2[C@H]1CO[C@]1(COC(C)(C)O1)[C@H]2O. The van der Waals surface area contributed by atoms with E-state index in [1.165, 1.54) is 4.90 Å². The number of carbonyl (C=O) groups is 1. The summed E-state index contributed by atoms with van der Waals surface area (Å²) < 4.78 is 21.9. The highest BCUT2D eigenvalue weighted by Crippen LogP contribution is 2.41. The fourth-order valence-corrected chi connectivity index (χ4v) is 2.64. The molecule has 3 saturated heterocycles. The fraction of sp³-hybridized carbons (Fsp3) is 0.909. The molecule has 3 rings (SSSR count). The summed E-state index contributed by atoms with van der Waals surface area (Å²) >= 11 is 0. The number of fused-ring (bicyclic) bond motifs is 1. The van der Waals surface area contributed by atoms with Gasteiger partial charge in [-0.15, -0.1) is 0 Å². The highest BCUT2D eigenvalue weighted by Gasteiger charge is 2.62. The maximum Gasteiger partial charge on any atom is 0.410 e. The predicted octanol–water partition coefficient (Wildman–Crippen LogP) is -0.324. The largest absolute Gasteiger partial charge is 0.441 e. The molecule has 0 radical (unpaired) electrons. The van der Waals surface area contributed by atoms with E-state index in [0.717, 1.165) is 0 Å². The van der Waals surface area contributed by atoms with Crippen LogP contribution in [0.1, 0.15) is 13.8 Å². The maximum atomic E-state index is 11.5. The monoisotopic (exact) mass is 259 g/mol. The molecule has 0 aromatic rings. The first-order chi connectivity index (χ1) is 8.35. The molecular formula is C11H17NO6. The molecule has 7 heteroatoms. The minimum atomic E-state index is -1.24. The highest BCUT2D eigenvalue weighted by atomic mass is 16.8. The molecule has 1 amide bonds. The third-order valence-corrected chi connectivity index (χ3v) is 3.70. The maximum absolute atomic E-state index is 11.5. The number of aliphatic hydroxyl groups is 1. The van der Waals surface area contributed by atoms with Gasteiger partial charge in [-0.05, 0) is 13.8 Å². The molecule has 0 aromatic carbocycles. The van der Waals surface area contributed by atoms with Gasteiger partial charge in [0, 0.05) is 7.05 Å². The van der Waals surface area contributed by atoms with Gasteiger partial charge in [0.1, 0.15) is 12.7 Å². The van der Waals surface area contributed by atoms with Crippen molar-refractivity contribution < 1.29 is 28.8 Å².